The minimum atomic E-state index is -0.843. The molecule has 0 spiro atoms. The summed E-state index contributed by atoms with van der Waals surface area (Å²) in [4.78, 5) is 37.3. The molecule has 0 aromatic carbocycles. The number of aromatic nitrogens is 6. The van der Waals surface area contributed by atoms with E-state index in [0.29, 0.717) is 34.9 Å². The highest BCUT2D eigenvalue weighted by Crippen LogP contribution is 2.28. The molecule has 3 N–H and O–H groups in total. The summed E-state index contributed by atoms with van der Waals surface area (Å²) >= 11 is 1.59. The maximum Gasteiger partial charge on any atom is 0.309 e. The van der Waals surface area contributed by atoms with Gasteiger partial charge >= 0.3 is 5.97 Å². The van der Waals surface area contributed by atoms with Crippen LogP contribution in [0.25, 0.3) is 17.4 Å². The third-order valence-electron chi connectivity index (χ3n) is 7.12. The standard InChI is InChI=1S/C24H30N10O3S.ClH/c1-15-17(12-19(35)36)26-24(38-15)32-9-7-31(8-10-32)13-16-4-2-6-33(14-16)22-28-21(25)34-23(29-22)27-20(30-34)18-5-3-11-37-18;/h3,5,11,16H,2,4,6-10,12-14H2,1H3,(H,35,36)(H2,25,27,28,29,30);1H. The first-order valence-corrected chi connectivity index (χ1v) is 13.6. The summed E-state index contributed by atoms with van der Waals surface area (Å²) in [6, 6.07) is 3.58. The number of hydrogen-bond donors (Lipinski definition) is 2. The Morgan fingerprint density at radius 1 is 1.15 bits per heavy atom. The summed E-state index contributed by atoms with van der Waals surface area (Å²) in [5, 5.41) is 14.4. The average Bonchev–Trinajstić information content (AvgIpc) is 3.65. The Morgan fingerprint density at radius 3 is 2.72 bits per heavy atom. The van der Waals surface area contributed by atoms with Crippen molar-refractivity contribution in [3.05, 3.63) is 29.0 Å². The molecule has 15 heteroatoms. The van der Waals surface area contributed by atoms with Gasteiger partial charge in [0.15, 0.2) is 10.9 Å². The first kappa shape index (κ1) is 27.1. The Kier molecular flexibility index (Phi) is 7.86. The highest BCUT2D eigenvalue weighted by molar-refractivity contribution is 7.15. The predicted molar refractivity (Wildman–Crippen MR) is 150 cm³/mol. The second-order valence-corrected chi connectivity index (χ2v) is 11.0. The van der Waals surface area contributed by atoms with E-state index in [0.717, 1.165) is 68.7 Å². The second kappa shape index (κ2) is 11.3. The summed E-state index contributed by atoms with van der Waals surface area (Å²) in [6.07, 6.45) is 3.78. The van der Waals surface area contributed by atoms with Crippen LogP contribution in [0.5, 0.6) is 0 Å². The Balaban J connectivity index is 0.00000308. The Morgan fingerprint density at radius 2 is 1.97 bits per heavy atom. The maximum atomic E-state index is 11.1. The second-order valence-electron chi connectivity index (χ2n) is 9.82. The van der Waals surface area contributed by atoms with Crippen molar-refractivity contribution >= 4 is 52.5 Å². The summed E-state index contributed by atoms with van der Waals surface area (Å²) in [6.45, 7) is 8.37. The lowest BCUT2D eigenvalue weighted by molar-refractivity contribution is -0.136. The van der Waals surface area contributed by atoms with Gasteiger partial charge in [0.1, 0.15) is 0 Å². The maximum absolute atomic E-state index is 11.1. The number of rotatable bonds is 7. The Labute approximate surface area is 235 Å². The van der Waals surface area contributed by atoms with Crippen molar-refractivity contribution in [2.45, 2.75) is 26.2 Å². The van der Waals surface area contributed by atoms with Crippen LogP contribution in [0.3, 0.4) is 0 Å². The van der Waals surface area contributed by atoms with Gasteiger partial charge in [0.25, 0.3) is 5.78 Å². The minimum absolute atomic E-state index is 0. The van der Waals surface area contributed by atoms with Gasteiger partial charge in [-0.15, -0.1) is 28.8 Å². The number of anilines is 3. The number of aryl methyl sites for hydroxylation is 1. The number of aliphatic carboxylic acids is 1. The average molecular weight is 575 g/mol. The molecule has 1 atom stereocenters. The van der Waals surface area contributed by atoms with Crippen molar-refractivity contribution in [2.24, 2.45) is 5.92 Å². The van der Waals surface area contributed by atoms with Gasteiger partial charge in [0.05, 0.1) is 18.4 Å². The fourth-order valence-electron chi connectivity index (χ4n) is 5.18. The van der Waals surface area contributed by atoms with Crippen LogP contribution in [-0.4, -0.2) is 91.3 Å². The largest absolute Gasteiger partial charge is 0.481 e. The van der Waals surface area contributed by atoms with Crippen LogP contribution in [0.15, 0.2) is 22.8 Å². The van der Waals surface area contributed by atoms with Crippen molar-refractivity contribution in [1.82, 2.24) is 34.4 Å². The number of carboxylic acids is 1. The van der Waals surface area contributed by atoms with Gasteiger partial charge in [-0.1, -0.05) is 0 Å². The summed E-state index contributed by atoms with van der Waals surface area (Å²) in [5.74, 6) is 1.87. The molecule has 2 aliphatic rings. The zero-order valence-electron chi connectivity index (χ0n) is 21.6. The third kappa shape index (κ3) is 5.77. The SMILES string of the molecule is Cc1sc(N2CCN(CC3CCCN(c4nc(N)n5nc(-c6ccco6)nc5n4)C3)CC2)nc1CC(=O)O.Cl. The monoisotopic (exact) mass is 574 g/mol. The van der Waals surface area contributed by atoms with Gasteiger partial charge in [-0.05, 0) is 37.8 Å². The number of nitrogens with zero attached hydrogens (tertiary/aromatic N) is 9. The molecular formula is C24H31ClN10O3S. The van der Waals surface area contributed by atoms with Crippen molar-refractivity contribution < 1.29 is 14.3 Å². The van der Waals surface area contributed by atoms with Crippen LogP contribution < -0.4 is 15.5 Å². The van der Waals surface area contributed by atoms with Crippen LogP contribution in [0.4, 0.5) is 17.0 Å². The molecule has 2 saturated heterocycles. The first-order valence-electron chi connectivity index (χ1n) is 12.8. The number of thiazole rings is 1. The lowest BCUT2D eigenvalue weighted by atomic mass is 9.97. The zero-order valence-corrected chi connectivity index (χ0v) is 23.2. The molecule has 2 aliphatic heterocycles. The van der Waals surface area contributed by atoms with E-state index in [2.05, 4.69) is 39.7 Å². The molecular weight excluding hydrogens is 544 g/mol. The van der Waals surface area contributed by atoms with Crippen molar-refractivity contribution in [3.63, 3.8) is 0 Å². The summed E-state index contributed by atoms with van der Waals surface area (Å²) in [7, 11) is 0. The fraction of sp³-hybridized carbons (Fsp3) is 0.500. The minimum Gasteiger partial charge on any atom is -0.481 e. The normalized spacial score (nSPS) is 18.4. The molecule has 6 heterocycles. The number of fused-ring (bicyclic) bond motifs is 1. The van der Waals surface area contributed by atoms with Crippen LogP contribution in [0.2, 0.25) is 0 Å². The highest BCUT2D eigenvalue weighted by Gasteiger charge is 2.27. The van der Waals surface area contributed by atoms with Crippen LogP contribution >= 0.6 is 23.7 Å². The lowest BCUT2D eigenvalue weighted by Crippen LogP contribution is -2.49. The molecule has 2 fully saturated rings. The molecule has 0 saturated carbocycles. The topological polar surface area (TPSA) is 155 Å². The van der Waals surface area contributed by atoms with Gasteiger partial charge in [-0.25, -0.2) is 4.98 Å². The molecule has 1 unspecified atom stereocenters. The number of nitrogens with two attached hydrogens (primary N) is 1. The van der Waals surface area contributed by atoms with Gasteiger partial charge in [-0.3, -0.25) is 9.69 Å². The van der Waals surface area contributed by atoms with Crippen LogP contribution in [-0.2, 0) is 11.2 Å². The summed E-state index contributed by atoms with van der Waals surface area (Å²) in [5.41, 5.74) is 6.89. The molecule has 0 aliphatic carbocycles. The molecule has 6 rings (SSSR count). The van der Waals surface area contributed by atoms with Gasteiger partial charge in [-0.2, -0.15) is 19.5 Å². The Hall–Kier alpha value is -3.49. The lowest BCUT2D eigenvalue weighted by Gasteiger charge is -2.39. The summed E-state index contributed by atoms with van der Waals surface area (Å²) < 4.78 is 6.85. The molecule has 0 radical (unpaired) electrons. The number of halogens is 1. The molecule has 0 amide bonds. The quantitative estimate of drug-likeness (QED) is 0.332. The predicted octanol–water partition coefficient (Wildman–Crippen LogP) is 2.21. The number of piperidine rings is 1. The third-order valence-corrected chi connectivity index (χ3v) is 8.20. The van der Waals surface area contributed by atoms with Crippen molar-refractivity contribution in [3.8, 4) is 11.6 Å². The van der Waals surface area contributed by atoms with E-state index in [1.807, 2.05) is 6.92 Å². The number of carbonyl (C=O) groups is 1. The van der Waals surface area contributed by atoms with Gasteiger partial charge in [0.2, 0.25) is 17.7 Å². The molecule has 13 nitrogen and oxygen atoms in total. The molecule has 4 aromatic heterocycles. The van der Waals surface area contributed by atoms with Gasteiger partial charge in [0, 0.05) is 50.7 Å². The first-order chi connectivity index (χ1) is 18.4. The number of piperazine rings is 1. The van der Waals surface area contributed by atoms with E-state index in [-0.39, 0.29) is 24.8 Å². The Bertz CT molecular complexity index is 1430. The van der Waals surface area contributed by atoms with E-state index < -0.39 is 5.97 Å². The van der Waals surface area contributed by atoms with E-state index >= 15 is 0 Å². The molecule has 208 valence electrons. The molecule has 4 aromatic rings. The van der Waals surface area contributed by atoms with E-state index in [1.54, 1.807) is 29.7 Å². The van der Waals surface area contributed by atoms with Crippen LogP contribution in [0, 0.1) is 12.8 Å². The number of carboxylic acid groups (broad SMARTS) is 1. The fourth-order valence-corrected chi connectivity index (χ4v) is 6.16. The zero-order chi connectivity index (χ0) is 26.2. The van der Waals surface area contributed by atoms with Crippen LogP contribution in [0.1, 0.15) is 23.4 Å². The number of hydrogen-bond acceptors (Lipinski definition) is 12. The smallest absolute Gasteiger partial charge is 0.309 e. The molecule has 0 bridgehead atoms. The number of furan rings is 1. The van der Waals surface area contributed by atoms with E-state index in [9.17, 15) is 4.79 Å². The van der Waals surface area contributed by atoms with Gasteiger partial charge < -0.3 is 25.1 Å². The van der Waals surface area contributed by atoms with E-state index in [1.165, 1.54) is 4.52 Å². The highest BCUT2D eigenvalue weighted by atomic mass is 35.5. The number of nitrogen functional groups attached to an aromatic ring is 1. The van der Waals surface area contributed by atoms with Crippen molar-refractivity contribution in [1.29, 1.82) is 0 Å². The molecule has 39 heavy (non-hydrogen) atoms. The van der Waals surface area contributed by atoms with E-state index in [4.69, 9.17) is 15.3 Å². The van der Waals surface area contributed by atoms with Crippen molar-refractivity contribution in [2.75, 3.05) is 61.3 Å².